The molecular formula is C23H32FN5O4. The number of ether oxygens (including phenoxy) is 1. The predicted octanol–water partition coefficient (Wildman–Crippen LogP) is 2.40. The van der Waals surface area contributed by atoms with Crippen molar-refractivity contribution in [3.63, 3.8) is 0 Å². The first kappa shape index (κ1) is 23.1. The van der Waals surface area contributed by atoms with Gasteiger partial charge in [-0.25, -0.2) is 14.0 Å². The molecule has 1 aromatic heterocycles. The van der Waals surface area contributed by atoms with Gasteiger partial charge in [0.05, 0.1) is 16.6 Å². The van der Waals surface area contributed by atoms with Crippen molar-refractivity contribution in [1.82, 2.24) is 14.6 Å². The minimum absolute atomic E-state index is 0.0308. The molecule has 1 amide bonds. The summed E-state index contributed by atoms with van der Waals surface area (Å²) in [4.78, 5) is 39.4. The summed E-state index contributed by atoms with van der Waals surface area (Å²) in [6.07, 6.45) is 1.92. The van der Waals surface area contributed by atoms with Crippen molar-refractivity contribution in [3.05, 3.63) is 38.3 Å². The Hall–Kier alpha value is -3.04. The SMILES string of the molecule is Cc1c(N2CC[C@H](C(C)NC(=O)OC(C)(C)C)C2)c(F)cc2c(=O)n(N)c(=O)n(C3CC3)c12. The lowest BCUT2D eigenvalue weighted by Crippen LogP contribution is -2.45. The maximum absolute atomic E-state index is 15.3. The van der Waals surface area contributed by atoms with Gasteiger partial charge in [0.2, 0.25) is 0 Å². The molecule has 9 nitrogen and oxygen atoms in total. The fourth-order valence-electron chi connectivity index (χ4n) is 4.73. The molecule has 33 heavy (non-hydrogen) atoms. The molecule has 1 unspecified atom stereocenters. The van der Waals surface area contributed by atoms with Crippen LogP contribution < -0.4 is 27.3 Å². The molecule has 2 fully saturated rings. The van der Waals surface area contributed by atoms with Crippen LogP contribution >= 0.6 is 0 Å². The van der Waals surface area contributed by atoms with Gasteiger partial charge in [0.1, 0.15) is 11.4 Å². The van der Waals surface area contributed by atoms with E-state index in [0.29, 0.717) is 34.5 Å². The zero-order chi connectivity index (χ0) is 24.2. The van der Waals surface area contributed by atoms with Gasteiger partial charge in [0, 0.05) is 30.7 Å². The van der Waals surface area contributed by atoms with E-state index in [1.165, 1.54) is 10.6 Å². The molecule has 3 N–H and O–H groups in total. The molecule has 10 heteroatoms. The number of nitrogens with one attached hydrogen (secondary N) is 1. The molecular weight excluding hydrogens is 429 g/mol. The van der Waals surface area contributed by atoms with E-state index in [1.54, 1.807) is 27.7 Å². The maximum Gasteiger partial charge on any atom is 0.407 e. The number of rotatable bonds is 4. The average molecular weight is 462 g/mol. The molecule has 2 aromatic rings. The van der Waals surface area contributed by atoms with Gasteiger partial charge in [-0.05, 0) is 65.9 Å². The molecule has 1 aliphatic carbocycles. The fraction of sp³-hybridized carbons (Fsp3) is 0.609. The Balaban J connectivity index is 1.65. The van der Waals surface area contributed by atoms with Gasteiger partial charge in [-0.15, -0.1) is 0 Å². The molecule has 2 heterocycles. The summed E-state index contributed by atoms with van der Waals surface area (Å²) >= 11 is 0. The molecule has 1 aromatic carbocycles. The monoisotopic (exact) mass is 461 g/mol. The van der Waals surface area contributed by atoms with Crippen LogP contribution in [0.1, 0.15) is 58.6 Å². The van der Waals surface area contributed by atoms with Crippen LogP contribution in [0.2, 0.25) is 0 Å². The number of amides is 1. The summed E-state index contributed by atoms with van der Waals surface area (Å²) < 4.78 is 22.8. The normalized spacial score (nSPS) is 19.7. The van der Waals surface area contributed by atoms with Crippen LogP contribution in [0.15, 0.2) is 15.7 Å². The molecule has 0 radical (unpaired) electrons. The minimum atomic E-state index is -0.699. The van der Waals surface area contributed by atoms with Crippen molar-refractivity contribution >= 4 is 22.7 Å². The second kappa shape index (κ2) is 8.07. The van der Waals surface area contributed by atoms with Crippen LogP contribution in [0, 0.1) is 18.7 Å². The van der Waals surface area contributed by atoms with Gasteiger partial charge in [0.25, 0.3) is 5.56 Å². The van der Waals surface area contributed by atoms with Crippen LogP contribution in [0.25, 0.3) is 10.9 Å². The Labute approximate surface area is 191 Å². The molecule has 2 aliphatic rings. The highest BCUT2D eigenvalue weighted by molar-refractivity contribution is 5.87. The highest BCUT2D eigenvalue weighted by Crippen LogP contribution is 2.39. The van der Waals surface area contributed by atoms with E-state index in [1.807, 2.05) is 11.8 Å². The molecule has 1 saturated heterocycles. The Kier molecular flexibility index (Phi) is 5.66. The zero-order valence-corrected chi connectivity index (χ0v) is 19.8. The topological polar surface area (TPSA) is 112 Å². The van der Waals surface area contributed by atoms with Crippen LogP contribution in [-0.4, -0.2) is 40.1 Å². The van der Waals surface area contributed by atoms with Gasteiger partial charge >= 0.3 is 11.8 Å². The van der Waals surface area contributed by atoms with E-state index in [2.05, 4.69) is 5.32 Å². The van der Waals surface area contributed by atoms with E-state index in [-0.39, 0.29) is 23.4 Å². The average Bonchev–Trinajstić information content (AvgIpc) is 3.42. The number of nitrogen functional groups attached to an aromatic ring is 1. The number of hydrogen-bond donors (Lipinski definition) is 2. The Morgan fingerprint density at radius 2 is 1.94 bits per heavy atom. The number of nitrogens with two attached hydrogens (primary N) is 1. The van der Waals surface area contributed by atoms with E-state index >= 15 is 4.39 Å². The lowest BCUT2D eigenvalue weighted by Gasteiger charge is -2.26. The van der Waals surface area contributed by atoms with Gasteiger partial charge in [-0.1, -0.05) is 0 Å². The predicted molar refractivity (Wildman–Crippen MR) is 125 cm³/mol. The van der Waals surface area contributed by atoms with Crippen LogP contribution in [-0.2, 0) is 4.74 Å². The summed E-state index contributed by atoms with van der Waals surface area (Å²) in [5.41, 5.74) is -0.470. The highest BCUT2D eigenvalue weighted by atomic mass is 19.1. The van der Waals surface area contributed by atoms with Crippen molar-refractivity contribution in [2.24, 2.45) is 5.92 Å². The Bertz CT molecular complexity index is 1220. The molecule has 180 valence electrons. The maximum atomic E-state index is 15.3. The number of benzene rings is 1. The summed E-state index contributed by atoms with van der Waals surface area (Å²) in [7, 11) is 0. The largest absolute Gasteiger partial charge is 0.444 e. The second-order valence-electron chi connectivity index (χ2n) is 10.2. The van der Waals surface area contributed by atoms with Gasteiger partial charge in [-0.2, -0.15) is 4.68 Å². The zero-order valence-electron chi connectivity index (χ0n) is 19.8. The standard InChI is InChI=1S/C23H32FN5O4/c1-12-18-16(20(30)29(25)22(32)28(18)15-6-7-15)10-17(24)19(12)27-9-8-14(11-27)13(2)26-21(31)33-23(3,4)5/h10,13-15H,6-9,11,25H2,1-5H3,(H,26,31)/t13?,14-/m0/s1. The van der Waals surface area contributed by atoms with Crippen molar-refractivity contribution in [2.45, 2.75) is 71.6 Å². The first-order chi connectivity index (χ1) is 15.4. The smallest absolute Gasteiger partial charge is 0.407 e. The van der Waals surface area contributed by atoms with Crippen molar-refractivity contribution < 1.29 is 13.9 Å². The summed E-state index contributed by atoms with van der Waals surface area (Å²) in [6, 6.07) is 0.997. The molecule has 0 bridgehead atoms. The van der Waals surface area contributed by atoms with E-state index in [0.717, 1.165) is 19.3 Å². The van der Waals surface area contributed by atoms with Crippen molar-refractivity contribution in [3.8, 4) is 0 Å². The third-order valence-electron chi connectivity index (χ3n) is 6.47. The number of aryl methyl sites for hydroxylation is 1. The number of halogens is 1. The quantitative estimate of drug-likeness (QED) is 0.677. The van der Waals surface area contributed by atoms with Crippen molar-refractivity contribution in [1.29, 1.82) is 0 Å². The molecule has 1 saturated carbocycles. The second-order valence-corrected chi connectivity index (χ2v) is 10.2. The number of alkyl carbamates (subject to hydrolysis) is 1. The number of fused-ring (bicyclic) bond motifs is 1. The molecule has 1 aliphatic heterocycles. The van der Waals surface area contributed by atoms with Gasteiger partial charge in [-0.3, -0.25) is 9.36 Å². The van der Waals surface area contributed by atoms with Crippen LogP contribution in [0.5, 0.6) is 0 Å². The minimum Gasteiger partial charge on any atom is -0.444 e. The first-order valence-corrected chi connectivity index (χ1v) is 11.4. The number of carbonyl (C=O) groups is 1. The van der Waals surface area contributed by atoms with Crippen LogP contribution in [0.3, 0.4) is 0 Å². The highest BCUT2D eigenvalue weighted by Gasteiger charge is 2.34. The number of aromatic nitrogens is 2. The Morgan fingerprint density at radius 3 is 2.55 bits per heavy atom. The Morgan fingerprint density at radius 1 is 1.27 bits per heavy atom. The third-order valence-corrected chi connectivity index (χ3v) is 6.47. The number of anilines is 1. The third kappa shape index (κ3) is 4.30. The van der Waals surface area contributed by atoms with E-state index < -0.39 is 28.8 Å². The number of carbonyl (C=O) groups excluding carboxylic acids is 1. The van der Waals surface area contributed by atoms with E-state index in [4.69, 9.17) is 10.6 Å². The first-order valence-electron chi connectivity index (χ1n) is 11.4. The van der Waals surface area contributed by atoms with Gasteiger partial charge in [0.15, 0.2) is 0 Å². The summed E-state index contributed by atoms with van der Waals surface area (Å²) in [5.74, 6) is 5.27. The summed E-state index contributed by atoms with van der Waals surface area (Å²) in [5, 5.41) is 2.99. The molecule has 2 atom stereocenters. The lowest BCUT2D eigenvalue weighted by molar-refractivity contribution is 0.0494. The number of nitrogens with zero attached hydrogens (tertiary/aromatic N) is 3. The lowest BCUT2D eigenvalue weighted by atomic mass is 10.0. The fourth-order valence-corrected chi connectivity index (χ4v) is 4.73. The number of hydrogen-bond acceptors (Lipinski definition) is 6. The van der Waals surface area contributed by atoms with Crippen LogP contribution in [0.4, 0.5) is 14.9 Å². The van der Waals surface area contributed by atoms with Gasteiger partial charge < -0.3 is 20.8 Å². The van der Waals surface area contributed by atoms with Crippen molar-refractivity contribution in [2.75, 3.05) is 23.8 Å². The summed E-state index contributed by atoms with van der Waals surface area (Å²) in [6.45, 7) is 10.2. The molecule has 0 spiro atoms. The molecule has 4 rings (SSSR count). The van der Waals surface area contributed by atoms with E-state index in [9.17, 15) is 14.4 Å².